The molecule has 0 unspecified atom stereocenters. The molecule has 0 radical (unpaired) electrons. The number of fused-ring (bicyclic) bond motifs is 3. The highest BCUT2D eigenvalue weighted by atomic mass is 16.4. The molecule has 0 heterocycles. The second-order valence-electron chi connectivity index (χ2n) is 9.89. The minimum Gasteiger partial charge on any atom is -0.478 e. The van der Waals surface area contributed by atoms with Gasteiger partial charge in [-0.1, -0.05) is 30.4 Å². The highest BCUT2D eigenvalue weighted by Gasteiger charge is 2.34. The summed E-state index contributed by atoms with van der Waals surface area (Å²) in [7, 11) is 0. The van der Waals surface area contributed by atoms with Gasteiger partial charge in [0.25, 0.3) is 0 Å². The molecule has 0 fully saturated rings. The lowest BCUT2D eigenvalue weighted by molar-refractivity contribution is 0.0684. The fourth-order valence-corrected chi connectivity index (χ4v) is 5.44. The Balaban J connectivity index is 2.06. The number of nitrogens with zero attached hydrogens (tertiary/aromatic N) is 2. The molecule has 0 bridgehead atoms. The molecule has 0 aromatic heterocycles. The van der Waals surface area contributed by atoms with E-state index in [9.17, 15) is 24.6 Å². The summed E-state index contributed by atoms with van der Waals surface area (Å²) in [5, 5.41) is 19.9. The number of carbonyl (C=O) groups is 3. The largest absolute Gasteiger partial charge is 0.478 e. The third kappa shape index (κ3) is 6.92. The summed E-state index contributed by atoms with van der Waals surface area (Å²) in [6.07, 6.45) is 9.54. The van der Waals surface area contributed by atoms with Gasteiger partial charge in [0.05, 0.1) is 11.1 Å². The maximum Gasteiger partial charge on any atom is 0.336 e. The molecule has 0 atom stereocenters. The zero-order chi connectivity index (χ0) is 29.2. The number of hydrogen-bond acceptors (Lipinski definition) is 5. The van der Waals surface area contributed by atoms with E-state index in [0.717, 1.165) is 6.54 Å². The third-order valence-corrected chi connectivity index (χ3v) is 7.13. The molecule has 3 rings (SSSR count). The van der Waals surface area contributed by atoms with Crippen molar-refractivity contribution in [3.05, 3.63) is 108 Å². The van der Waals surface area contributed by atoms with Crippen molar-refractivity contribution in [2.24, 2.45) is 0 Å². The summed E-state index contributed by atoms with van der Waals surface area (Å²) in [6, 6.07) is 6.35. The van der Waals surface area contributed by atoms with Gasteiger partial charge in [0.2, 0.25) is 0 Å². The molecule has 0 amide bonds. The Bertz CT molecular complexity index is 1310. The molecule has 40 heavy (non-hydrogen) atoms. The van der Waals surface area contributed by atoms with Gasteiger partial charge in [0.15, 0.2) is 5.78 Å². The standard InChI is InChI=1S/C33H38N2O5/c1-5-15-34(16-6-2)19-9-11-23-21-27-25-14-13-24(32(37)38)22-28(25)31(36)30(27)26(29(23)33(39)40)12-10-20-35(17-7-3)18-8-4/h5-8,13-14,21-22H,1-4,9-12,15-20H2,(H,37,38)(H,39,40). The minimum atomic E-state index is -1.12. The normalized spacial score (nSPS) is 11.8. The van der Waals surface area contributed by atoms with Gasteiger partial charge in [-0.2, -0.15) is 0 Å². The second-order valence-corrected chi connectivity index (χ2v) is 9.89. The van der Waals surface area contributed by atoms with E-state index in [2.05, 4.69) is 36.1 Å². The van der Waals surface area contributed by atoms with E-state index in [-0.39, 0.29) is 16.9 Å². The summed E-state index contributed by atoms with van der Waals surface area (Å²) >= 11 is 0. The number of hydrogen-bond donors (Lipinski definition) is 2. The van der Waals surface area contributed by atoms with E-state index < -0.39 is 11.9 Å². The second kappa shape index (κ2) is 14.4. The maximum atomic E-state index is 13.7. The molecular weight excluding hydrogens is 504 g/mol. The van der Waals surface area contributed by atoms with Crippen LogP contribution in [0.2, 0.25) is 0 Å². The van der Waals surface area contributed by atoms with Crippen molar-refractivity contribution in [2.75, 3.05) is 39.3 Å². The fourth-order valence-electron chi connectivity index (χ4n) is 5.44. The third-order valence-electron chi connectivity index (χ3n) is 7.13. The molecule has 0 spiro atoms. The summed E-state index contributed by atoms with van der Waals surface area (Å²) in [5.74, 6) is -2.51. The van der Waals surface area contributed by atoms with E-state index >= 15 is 0 Å². The molecule has 1 aliphatic rings. The van der Waals surface area contributed by atoms with Crippen molar-refractivity contribution in [3.63, 3.8) is 0 Å². The maximum absolute atomic E-state index is 13.7. The zero-order valence-electron chi connectivity index (χ0n) is 23.0. The van der Waals surface area contributed by atoms with Gasteiger partial charge in [0.1, 0.15) is 0 Å². The first-order valence-electron chi connectivity index (χ1n) is 13.5. The van der Waals surface area contributed by atoms with E-state index in [1.54, 1.807) is 6.07 Å². The summed E-state index contributed by atoms with van der Waals surface area (Å²) < 4.78 is 0. The van der Waals surface area contributed by atoms with E-state index in [1.807, 2.05) is 30.4 Å². The van der Waals surface area contributed by atoms with Gasteiger partial charge in [-0.3, -0.25) is 14.6 Å². The SMILES string of the molecule is C=CCN(CC=C)CCCc1cc2c(c(CCCN(CC=C)CC=C)c1C(=O)O)C(=O)c1cc(C(=O)O)ccc1-2. The van der Waals surface area contributed by atoms with Gasteiger partial charge < -0.3 is 10.2 Å². The topological polar surface area (TPSA) is 98.2 Å². The smallest absolute Gasteiger partial charge is 0.336 e. The number of benzene rings is 2. The Kier molecular flexibility index (Phi) is 10.9. The van der Waals surface area contributed by atoms with Gasteiger partial charge in [0, 0.05) is 37.3 Å². The lowest BCUT2D eigenvalue weighted by atomic mass is 9.87. The number of carboxylic acid groups (broad SMARTS) is 2. The Hall–Kier alpha value is -4.07. The first-order valence-corrected chi connectivity index (χ1v) is 13.5. The molecule has 2 aromatic rings. The van der Waals surface area contributed by atoms with Crippen LogP contribution in [-0.4, -0.2) is 77.0 Å². The Morgan fingerprint density at radius 1 is 0.725 bits per heavy atom. The van der Waals surface area contributed by atoms with Gasteiger partial charge >= 0.3 is 11.9 Å². The molecule has 0 saturated carbocycles. The van der Waals surface area contributed by atoms with Crippen LogP contribution in [0.4, 0.5) is 0 Å². The van der Waals surface area contributed by atoms with Gasteiger partial charge in [-0.05, 0) is 79.2 Å². The molecular formula is C33H38N2O5. The molecule has 0 saturated heterocycles. The lowest BCUT2D eigenvalue weighted by Crippen LogP contribution is -2.26. The van der Waals surface area contributed by atoms with Gasteiger partial charge in [-0.15, -0.1) is 26.3 Å². The molecule has 7 nitrogen and oxygen atoms in total. The van der Waals surface area contributed by atoms with Crippen LogP contribution >= 0.6 is 0 Å². The van der Waals surface area contributed by atoms with Crippen LogP contribution in [0.1, 0.15) is 60.6 Å². The average Bonchev–Trinajstić information content (AvgIpc) is 3.19. The van der Waals surface area contributed by atoms with Crippen molar-refractivity contribution in [1.82, 2.24) is 9.80 Å². The summed E-state index contributed by atoms with van der Waals surface area (Å²) in [6.45, 7) is 19.4. The monoisotopic (exact) mass is 542 g/mol. The number of carbonyl (C=O) groups excluding carboxylic acids is 1. The number of carboxylic acids is 2. The number of ketones is 1. The van der Waals surface area contributed by atoms with Crippen molar-refractivity contribution >= 4 is 17.7 Å². The van der Waals surface area contributed by atoms with Crippen LogP contribution in [0.3, 0.4) is 0 Å². The quantitative estimate of drug-likeness (QED) is 0.205. The summed E-state index contributed by atoms with van der Waals surface area (Å²) in [5.41, 5.74) is 3.38. The van der Waals surface area contributed by atoms with Crippen LogP contribution in [-0.2, 0) is 12.8 Å². The predicted octanol–water partition coefficient (Wildman–Crippen LogP) is 5.51. The Morgan fingerprint density at radius 3 is 1.77 bits per heavy atom. The average molecular weight is 543 g/mol. The first-order chi connectivity index (χ1) is 19.3. The van der Waals surface area contributed by atoms with E-state index in [0.29, 0.717) is 91.8 Å². The number of aromatic carboxylic acids is 2. The highest BCUT2D eigenvalue weighted by Crippen LogP contribution is 2.42. The zero-order valence-corrected chi connectivity index (χ0v) is 23.0. The van der Waals surface area contributed by atoms with Gasteiger partial charge in [-0.25, -0.2) is 9.59 Å². The van der Waals surface area contributed by atoms with Crippen LogP contribution in [0.5, 0.6) is 0 Å². The van der Waals surface area contributed by atoms with E-state index in [1.165, 1.54) is 12.1 Å². The van der Waals surface area contributed by atoms with Crippen molar-refractivity contribution in [2.45, 2.75) is 25.7 Å². The van der Waals surface area contributed by atoms with Crippen LogP contribution in [0.15, 0.2) is 74.9 Å². The Labute approximate surface area is 236 Å². The molecule has 2 N–H and O–H groups in total. The fraction of sp³-hybridized carbons (Fsp3) is 0.303. The lowest BCUT2D eigenvalue weighted by Gasteiger charge is -2.21. The molecule has 2 aromatic carbocycles. The van der Waals surface area contributed by atoms with E-state index in [4.69, 9.17) is 0 Å². The van der Waals surface area contributed by atoms with Crippen LogP contribution < -0.4 is 0 Å². The summed E-state index contributed by atoms with van der Waals surface area (Å²) in [4.78, 5) is 42.3. The predicted molar refractivity (Wildman–Crippen MR) is 160 cm³/mol. The minimum absolute atomic E-state index is 0.0224. The molecule has 0 aliphatic heterocycles. The molecule has 7 heteroatoms. The van der Waals surface area contributed by atoms with Crippen LogP contribution in [0, 0.1) is 0 Å². The van der Waals surface area contributed by atoms with Crippen molar-refractivity contribution < 1.29 is 24.6 Å². The van der Waals surface area contributed by atoms with Crippen molar-refractivity contribution in [3.8, 4) is 11.1 Å². The number of aryl methyl sites for hydroxylation is 1. The molecule has 210 valence electrons. The highest BCUT2D eigenvalue weighted by molar-refractivity contribution is 6.24. The molecule has 1 aliphatic carbocycles. The van der Waals surface area contributed by atoms with Crippen molar-refractivity contribution in [1.29, 1.82) is 0 Å². The van der Waals surface area contributed by atoms with Crippen LogP contribution in [0.25, 0.3) is 11.1 Å². The first kappa shape index (κ1) is 30.5. The Morgan fingerprint density at radius 2 is 1.27 bits per heavy atom. The number of rotatable bonds is 18.